The van der Waals surface area contributed by atoms with Crippen molar-refractivity contribution in [3.63, 3.8) is 0 Å². The number of nitrogens with one attached hydrogen (secondary N) is 2. The molecule has 0 aliphatic heterocycles. The van der Waals surface area contributed by atoms with Crippen LogP contribution in [0.2, 0.25) is 0 Å². The van der Waals surface area contributed by atoms with Crippen LogP contribution < -0.4 is 10.6 Å². The van der Waals surface area contributed by atoms with Gasteiger partial charge in [0.25, 0.3) is 0 Å². The van der Waals surface area contributed by atoms with E-state index in [1.807, 2.05) is 26.0 Å². The summed E-state index contributed by atoms with van der Waals surface area (Å²) in [5.74, 6) is -1.01. The third-order valence-electron chi connectivity index (χ3n) is 3.23. The van der Waals surface area contributed by atoms with E-state index in [1.165, 1.54) is 0 Å². The molecular formula is C15H23N3O3. The van der Waals surface area contributed by atoms with Gasteiger partial charge in [0.05, 0.1) is 12.2 Å². The van der Waals surface area contributed by atoms with Gasteiger partial charge in [-0.25, -0.2) is 9.59 Å². The first kappa shape index (κ1) is 16.9. The molecule has 0 saturated heterocycles. The third kappa shape index (κ3) is 5.81. The second kappa shape index (κ2) is 8.94. The average Bonchev–Trinajstić information content (AvgIpc) is 2.49. The Balaban J connectivity index is 2.50. The molecule has 0 radical (unpaired) electrons. The van der Waals surface area contributed by atoms with E-state index in [9.17, 15) is 9.59 Å². The molecule has 0 aliphatic carbocycles. The summed E-state index contributed by atoms with van der Waals surface area (Å²) in [5.41, 5.74) is 1.87. The standard InChI is InChI=1S/C15H23N3O3/c1-3-5-8-12(14(19)20)18-15(21)17-10-13-11(4-2)7-6-9-16-13/h6-7,9,12H,3-5,8,10H2,1-2H3,(H,19,20)(H2,17,18,21). The lowest BCUT2D eigenvalue weighted by Gasteiger charge is -2.15. The van der Waals surface area contributed by atoms with E-state index in [2.05, 4.69) is 15.6 Å². The zero-order valence-electron chi connectivity index (χ0n) is 12.6. The van der Waals surface area contributed by atoms with Gasteiger partial charge in [0.15, 0.2) is 0 Å². The molecule has 0 aliphatic rings. The Bertz CT molecular complexity index is 477. The molecule has 1 unspecified atom stereocenters. The highest BCUT2D eigenvalue weighted by Crippen LogP contribution is 2.05. The van der Waals surface area contributed by atoms with Crippen molar-refractivity contribution in [2.75, 3.05) is 0 Å². The van der Waals surface area contributed by atoms with Crippen molar-refractivity contribution in [1.29, 1.82) is 0 Å². The summed E-state index contributed by atoms with van der Waals surface area (Å²) in [6, 6.07) is 2.49. The number of hydrogen-bond acceptors (Lipinski definition) is 3. The van der Waals surface area contributed by atoms with Crippen molar-refractivity contribution in [1.82, 2.24) is 15.6 Å². The van der Waals surface area contributed by atoms with Gasteiger partial charge in [0.2, 0.25) is 0 Å². The number of aliphatic carboxylic acids is 1. The monoisotopic (exact) mass is 293 g/mol. The van der Waals surface area contributed by atoms with E-state index in [0.717, 1.165) is 30.5 Å². The number of rotatable bonds is 8. The van der Waals surface area contributed by atoms with Crippen LogP contribution in [0, 0.1) is 0 Å². The number of pyridine rings is 1. The minimum Gasteiger partial charge on any atom is -0.480 e. The van der Waals surface area contributed by atoms with Gasteiger partial charge in [-0.1, -0.05) is 32.8 Å². The summed E-state index contributed by atoms with van der Waals surface area (Å²) in [6.07, 6.45) is 4.59. The molecular weight excluding hydrogens is 270 g/mol. The number of hydrogen-bond donors (Lipinski definition) is 3. The Morgan fingerprint density at radius 2 is 2.14 bits per heavy atom. The van der Waals surface area contributed by atoms with E-state index in [4.69, 9.17) is 5.11 Å². The third-order valence-corrected chi connectivity index (χ3v) is 3.23. The Morgan fingerprint density at radius 1 is 1.38 bits per heavy atom. The molecule has 1 atom stereocenters. The largest absolute Gasteiger partial charge is 0.480 e. The van der Waals surface area contributed by atoms with E-state index < -0.39 is 18.0 Å². The molecule has 2 amide bonds. The van der Waals surface area contributed by atoms with E-state index in [1.54, 1.807) is 6.20 Å². The number of carbonyl (C=O) groups excluding carboxylic acids is 1. The topological polar surface area (TPSA) is 91.3 Å². The lowest BCUT2D eigenvalue weighted by Crippen LogP contribution is -2.45. The molecule has 0 saturated carbocycles. The van der Waals surface area contributed by atoms with Gasteiger partial charge < -0.3 is 15.7 Å². The van der Waals surface area contributed by atoms with Gasteiger partial charge in [-0.2, -0.15) is 0 Å². The van der Waals surface area contributed by atoms with E-state index in [-0.39, 0.29) is 6.54 Å². The van der Waals surface area contributed by atoms with E-state index in [0.29, 0.717) is 6.42 Å². The molecule has 1 heterocycles. The number of aryl methyl sites for hydroxylation is 1. The molecule has 1 aromatic rings. The first-order valence-corrected chi connectivity index (χ1v) is 7.28. The van der Waals surface area contributed by atoms with Gasteiger partial charge >= 0.3 is 12.0 Å². The highest BCUT2D eigenvalue weighted by Gasteiger charge is 2.19. The van der Waals surface area contributed by atoms with Gasteiger partial charge in [0.1, 0.15) is 6.04 Å². The minimum absolute atomic E-state index is 0.288. The number of urea groups is 1. The van der Waals surface area contributed by atoms with Crippen molar-refractivity contribution in [2.24, 2.45) is 0 Å². The second-order valence-corrected chi connectivity index (χ2v) is 4.82. The maximum Gasteiger partial charge on any atom is 0.326 e. The highest BCUT2D eigenvalue weighted by atomic mass is 16.4. The average molecular weight is 293 g/mol. The number of carboxylic acid groups (broad SMARTS) is 1. The van der Waals surface area contributed by atoms with Crippen LogP contribution in [0.5, 0.6) is 0 Å². The first-order valence-electron chi connectivity index (χ1n) is 7.28. The van der Waals surface area contributed by atoms with Crippen LogP contribution in [0.4, 0.5) is 4.79 Å². The Labute approximate surface area is 125 Å². The summed E-state index contributed by atoms with van der Waals surface area (Å²) in [4.78, 5) is 27.1. The maximum absolute atomic E-state index is 11.8. The first-order chi connectivity index (χ1) is 10.1. The predicted molar refractivity (Wildman–Crippen MR) is 79.9 cm³/mol. The molecule has 0 spiro atoms. The fourth-order valence-corrected chi connectivity index (χ4v) is 1.99. The van der Waals surface area contributed by atoms with Gasteiger partial charge in [-0.05, 0) is 24.5 Å². The number of nitrogens with zero attached hydrogens (tertiary/aromatic N) is 1. The quantitative estimate of drug-likeness (QED) is 0.684. The van der Waals surface area contributed by atoms with Gasteiger partial charge in [0, 0.05) is 6.20 Å². The number of amides is 2. The van der Waals surface area contributed by atoms with Gasteiger partial charge in [-0.15, -0.1) is 0 Å². The summed E-state index contributed by atoms with van der Waals surface area (Å²) < 4.78 is 0. The van der Waals surface area contributed by atoms with Crippen LogP contribution in [0.15, 0.2) is 18.3 Å². The number of unbranched alkanes of at least 4 members (excludes halogenated alkanes) is 1. The lowest BCUT2D eigenvalue weighted by molar-refractivity contribution is -0.139. The van der Waals surface area contributed by atoms with Crippen molar-refractivity contribution in [3.8, 4) is 0 Å². The molecule has 0 aromatic carbocycles. The Hall–Kier alpha value is -2.11. The molecule has 1 rings (SSSR count). The fraction of sp³-hybridized carbons (Fsp3) is 0.533. The summed E-state index contributed by atoms with van der Waals surface area (Å²) in [5, 5.41) is 14.2. The van der Waals surface area contributed by atoms with Gasteiger partial charge in [-0.3, -0.25) is 4.98 Å². The van der Waals surface area contributed by atoms with Crippen molar-refractivity contribution in [3.05, 3.63) is 29.6 Å². The predicted octanol–water partition coefficient (Wildman–Crippen LogP) is 2.09. The van der Waals surface area contributed by atoms with Crippen LogP contribution in [-0.4, -0.2) is 28.1 Å². The van der Waals surface area contributed by atoms with Crippen LogP contribution in [-0.2, 0) is 17.8 Å². The second-order valence-electron chi connectivity index (χ2n) is 4.82. The SMILES string of the molecule is CCCCC(NC(=O)NCc1ncccc1CC)C(=O)O. The van der Waals surface area contributed by atoms with Crippen LogP contribution in [0.25, 0.3) is 0 Å². The summed E-state index contributed by atoms with van der Waals surface area (Å²) in [7, 11) is 0. The summed E-state index contributed by atoms with van der Waals surface area (Å²) in [6.45, 7) is 4.29. The zero-order valence-corrected chi connectivity index (χ0v) is 12.6. The number of aromatic nitrogens is 1. The smallest absolute Gasteiger partial charge is 0.326 e. The van der Waals surface area contributed by atoms with Crippen LogP contribution in [0.1, 0.15) is 44.4 Å². The molecule has 0 bridgehead atoms. The number of carboxylic acids is 1. The molecule has 0 fully saturated rings. The molecule has 6 heteroatoms. The van der Waals surface area contributed by atoms with E-state index >= 15 is 0 Å². The normalized spacial score (nSPS) is 11.7. The number of carbonyl (C=O) groups is 2. The zero-order chi connectivity index (χ0) is 15.7. The molecule has 1 aromatic heterocycles. The molecule has 6 nitrogen and oxygen atoms in total. The summed E-state index contributed by atoms with van der Waals surface area (Å²) >= 11 is 0. The Kier molecular flexibility index (Phi) is 7.21. The van der Waals surface area contributed by atoms with Crippen molar-refractivity contribution >= 4 is 12.0 Å². The minimum atomic E-state index is -1.01. The maximum atomic E-state index is 11.8. The molecule has 3 N–H and O–H groups in total. The van der Waals surface area contributed by atoms with Crippen molar-refractivity contribution in [2.45, 2.75) is 52.1 Å². The molecule has 116 valence electrons. The Morgan fingerprint density at radius 3 is 2.76 bits per heavy atom. The lowest BCUT2D eigenvalue weighted by atomic mass is 10.1. The molecule has 21 heavy (non-hydrogen) atoms. The van der Waals surface area contributed by atoms with Crippen LogP contribution in [0.3, 0.4) is 0 Å². The van der Waals surface area contributed by atoms with Crippen molar-refractivity contribution < 1.29 is 14.7 Å². The highest BCUT2D eigenvalue weighted by molar-refractivity contribution is 5.82. The fourth-order valence-electron chi connectivity index (χ4n) is 1.99. The van der Waals surface area contributed by atoms with Crippen LogP contribution >= 0.6 is 0 Å².